The molecule has 0 N–H and O–H groups in total. The van der Waals surface area contributed by atoms with Gasteiger partial charge in [0.1, 0.15) is 5.78 Å². The van der Waals surface area contributed by atoms with Crippen molar-refractivity contribution >= 4 is 51.0 Å². The van der Waals surface area contributed by atoms with E-state index in [1.54, 1.807) is 75.7 Å². The van der Waals surface area contributed by atoms with Crippen LogP contribution in [0.3, 0.4) is 0 Å². The Morgan fingerprint density at radius 1 is 0.610 bits per heavy atom. The Labute approximate surface area is 400 Å². The zero-order valence-electron chi connectivity index (χ0n) is 34.2. The minimum absolute atomic E-state index is 0.0200. The number of halogens is 1. The van der Waals surface area contributed by atoms with Gasteiger partial charge in [0.15, 0.2) is 3.51 Å². The Hall–Kier alpha value is -0.0306. The third kappa shape index (κ3) is 7.10. The van der Waals surface area contributed by atoms with Crippen LogP contribution in [0.15, 0.2) is 36.4 Å². The van der Waals surface area contributed by atoms with Crippen LogP contribution >= 0.6 is 20.7 Å². The molecular formula is C49H56At3IO6. The van der Waals surface area contributed by atoms with Crippen molar-refractivity contribution in [1.29, 1.82) is 0 Å². The van der Waals surface area contributed by atoms with E-state index in [0.29, 0.717) is 47.1 Å². The zero-order valence-corrected chi connectivity index (χ0v) is 45.2. The molecule has 316 valence electrons. The molecule has 0 amide bonds. The summed E-state index contributed by atoms with van der Waals surface area (Å²) in [6, 6.07) is 13.8. The molecule has 1 heterocycles. The second-order valence-electron chi connectivity index (χ2n) is 20.6. The predicted molar refractivity (Wildman–Crippen MR) is 221 cm³/mol. The van der Waals surface area contributed by atoms with Gasteiger partial charge >= 0.3 is 188 Å². The van der Waals surface area contributed by atoms with Crippen molar-refractivity contribution in [3.63, 3.8) is 0 Å². The number of hydrogen-bond donors (Lipinski definition) is 0. The zero-order chi connectivity index (χ0) is 41.0. The average Bonchev–Trinajstić information content (AvgIpc) is 3.71. The van der Waals surface area contributed by atoms with E-state index < -0.39 is 38.5 Å². The molecular weight excluding hydrogens is 1440 g/mol. The Morgan fingerprint density at radius 3 is 1.63 bits per heavy atom. The van der Waals surface area contributed by atoms with E-state index in [1.165, 1.54) is 40.1 Å². The standard InChI is InChI=1S/C31H35IO5.C18H21AtO.At2/c1-30-9-8-23-22-5-3-21(15-18(22)2-4-24(23)25(30)6-7-26(30)33)32-27-28(34)36-31(37-29(27)35)19-11-16-10-17(13-19)14-20(31)12-16;1-18-9-8-14-13-5-3-12(19)10-11(13)2-4-15(14)16(18)6-7-17(18)20;1-2/h3,5,15-17,19-20,23-25H,2,4,6-14H2,1H3;3,5,10,14-16H,2,4,6-9H2,1H3;/t16?,17?,19?,20?,23-,24-,25+,30+;14-,15-,16+,18+;/m11./s1/i;19+1;1+1. The molecule has 1 saturated heterocycles. The summed E-state index contributed by atoms with van der Waals surface area (Å²) in [6.45, 7) is 4.48. The molecule has 8 saturated carbocycles. The van der Waals surface area contributed by atoms with Crippen molar-refractivity contribution in [2.75, 3.05) is 0 Å². The van der Waals surface area contributed by atoms with Crippen LogP contribution in [0, 0.1) is 126 Å². The number of rotatable bonds is 1. The van der Waals surface area contributed by atoms with Gasteiger partial charge < -0.3 is 9.47 Å². The normalized spacial score (nSPS) is 41.8. The first-order valence-corrected chi connectivity index (χ1v) is 37.0. The number of fused-ring (bicyclic) bond motifs is 10. The summed E-state index contributed by atoms with van der Waals surface area (Å²) in [6.07, 6.45) is 18.4. The van der Waals surface area contributed by atoms with Gasteiger partial charge in [0.05, 0.1) is 0 Å². The number of ether oxygens (including phenoxy) is 2. The van der Waals surface area contributed by atoms with Crippen molar-refractivity contribution < 1.29 is 93.2 Å². The molecule has 9 fully saturated rings. The number of hydrogen-bond acceptors (Lipinski definition) is 6. The van der Waals surface area contributed by atoms with E-state index in [9.17, 15) is 19.2 Å². The number of carbonyl (C=O) groups excluding carboxylic acids is 4. The summed E-state index contributed by atoms with van der Waals surface area (Å²) in [5, 5.41) is 0. The average molecular weight is 1500 g/mol. The Balaban J connectivity index is 0.000000161. The summed E-state index contributed by atoms with van der Waals surface area (Å²) in [7, 11) is 0. The van der Waals surface area contributed by atoms with E-state index >= 15 is 0 Å². The van der Waals surface area contributed by atoms with Gasteiger partial charge in [-0.05, 0) is 117 Å². The van der Waals surface area contributed by atoms with Crippen LogP contribution in [0.5, 0.6) is 0 Å². The van der Waals surface area contributed by atoms with E-state index in [-0.39, 0.29) is 26.2 Å². The van der Waals surface area contributed by atoms with Crippen LogP contribution in [0.4, 0.5) is 0 Å². The van der Waals surface area contributed by atoms with E-state index in [4.69, 9.17) is 9.47 Å². The molecule has 1 aliphatic heterocycles. The van der Waals surface area contributed by atoms with Crippen molar-refractivity contribution in [1.82, 2.24) is 0 Å². The summed E-state index contributed by atoms with van der Waals surface area (Å²) >= 11 is 4.37. The van der Waals surface area contributed by atoms with Crippen LogP contribution in [-0.4, -0.2) is 32.8 Å². The first-order chi connectivity index (χ1) is 28.4. The summed E-state index contributed by atoms with van der Waals surface area (Å²) in [4.78, 5) is 51.5. The second-order valence-corrected chi connectivity index (χ2v) is 25.1. The molecule has 13 rings (SSSR count). The number of carbonyl (C=O) groups is 4. The first-order valence-electron chi connectivity index (χ1n) is 22.5. The topological polar surface area (TPSA) is 86.7 Å². The van der Waals surface area contributed by atoms with Gasteiger partial charge in [0.25, 0.3) is 5.79 Å². The summed E-state index contributed by atoms with van der Waals surface area (Å²) < 4.78 is 15.0. The summed E-state index contributed by atoms with van der Waals surface area (Å²) in [5.41, 5.74) is 5.95. The van der Waals surface area contributed by atoms with Crippen molar-refractivity contribution in [3.05, 3.63) is 62.2 Å². The fraction of sp³-hybridized carbons (Fsp3) is 0.653. The second kappa shape index (κ2) is 16.4. The van der Waals surface area contributed by atoms with Crippen molar-refractivity contribution in [2.45, 2.75) is 141 Å². The molecule has 8 atom stereocenters. The maximum absolute atomic E-state index is 13.3. The number of aryl methyl sites for hydroxylation is 2. The summed E-state index contributed by atoms with van der Waals surface area (Å²) in [5.74, 6) is 4.84. The van der Waals surface area contributed by atoms with Crippen LogP contribution < -0.4 is 3.27 Å². The fourth-order valence-electron chi connectivity index (χ4n) is 15.5. The molecule has 4 bridgehead atoms. The van der Waals surface area contributed by atoms with Gasteiger partial charge in [-0.2, -0.15) is 0 Å². The molecule has 2 aromatic carbocycles. The van der Waals surface area contributed by atoms with E-state index in [1.807, 2.05) is 0 Å². The Kier molecular flexibility index (Phi) is 12.0. The first kappa shape index (κ1) is 42.9. The number of esters is 2. The molecule has 59 heavy (non-hydrogen) atoms. The molecule has 6 nitrogen and oxygen atoms in total. The van der Waals surface area contributed by atoms with Gasteiger partial charge in [-0.3, -0.25) is 4.79 Å². The number of benzene rings is 2. The SMILES string of the molecule is C[C@]12CC[C@@H]3c4ccc(I=C5C(=O)OC6(OC5=O)C5CC7CC(C5)CC6C7)cc4CC[C@H]3[C@@H]1CCC2=O.C[C@]12CC[C@@H]3c4ccc([211At])cc4CC[C@H]3[C@@H]1CCC2=O.[At][211At]. The van der Waals surface area contributed by atoms with Gasteiger partial charge in [-0.15, -0.1) is 0 Å². The maximum atomic E-state index is 13.3. The monoisotopic (exact) mass is 1500 g/mol. The third-order valence-electron chi connectivity index (χ3n) is 18.1. The van der Waals surface area contributed by atoms with Crippen molar-refractivity contribution in [2.24, 2.45) is 58.2 Å². The van der Waals surface area contributed by atoms with Crippen LogP contribution in [0.2, 0.25) is 0 Å². The molecule has 0 aromatic heterocycles. The molecule has 2 aromatic rings. The Bertz CT molecular complexity index is 2080. The van der Waals surface area contributed by atoms with E-state index in [0.717, 1.165) is 98.9 Å². The van der Waals surface area contributed by atoms with Crippen LogP contribution in [0.25, 0.3) is 0 Å². The molecule has 10 heteroatoms. The third-order valence-corrected chi connectivity index (χ3v) is 21.8. The van der Waals surface area contributed by atoms with E-state index in [2.05, 4.69) is 50.2 Å². The fourth-order valence-corrected chi connectivity index (χ4v) is 18.5. The Morgan fingerprint density at radius 2 is 1.10 bits per heavy atom. The molecule has 11 aliphatic rings. The number of Topliss-reactive ketones (excluding diaryl/α,β-unsaturated/α-hetero) is 2. The van der Waals surface area contributed by atoms with Crippen LogP contribution in [0.1, 0.15) is 144 Å². The van der Waals surface area contributed by atoms with Crippen molar-refractivity contribution in [3.8, 4) is 0 Å². The van der Waals surface area contributed by atoms with Gasteiger partial charge in [0, 0.05) is 27.2 Å². The molecule has 0 unspecified atom stereocenters. The van der Waals surface area contributed by atoms with Gasteiger partial charge in [0.2, 0.25) is 0 Å². The van der Waals surface area contributed by atoms with Crippen LogP contribution in [-0.2, 0) is 41.5 Å². The van der Waals surface area contributed by atoms with Gasteiger partial charge in [-0.25, -0.2) is 9.59 Å². The molecule has 0 radical (unpaired) electrons. The quantitative estimate of drug-likeness (QED) is 0.210. The molecule has 1 spiro atoms. The number of ketones is 2. The molecule has 10 aliphatic carbocycles. The predicted octanol–water partition coefficient (Wildman–Crippen LogP) is 8.96. The van der Waals surface area contributed by atoms with Gasteiger partial charge in [-0.1, -0.05) is 33.7 Å². The minimum atomic E-state index is -0.989.